The molecule has 0 aliphatic heterocycles. The Morgan fingerprint density at radius 1 is 1.25 bits per heavy atom. The number of nitrogens with one attached hydrogen (secondary N) is 1. The quantitative estimate of drug-likeness (QED) is 0.932. The van der Waals surface area contributed by atoms with Gasteiger partial charge in [-0.3, -0.25) is 0 Å². The van der Waals surface area contributed by atoms with Gasteiger partial charge in [-0.05, 0) is 30.6 Å². The van der Waals surface area contributed by atoms with Crippen LogP contribution in [0.3, 0.4) is 0 Å². The van der Waals surface area contributed by atoms with Crippen LogP contribution in [0.2, 0.25) is 0 Å². The predicted molar refractivity (Wildman–Crippen MR) is 78.3 cm³/mol. The van der Waals surface area contributed by atoms with Crippen molar-refractivity contribution < 1.29 is 0 Å². The van der Waals surface area contributed by atoms with Gasteiger partial charge in [-0.15, -0.1) is 0 Å². The van der Waals surface area contributed by atoms with Crippen LogP contribution in [0.25, 0.3) is 11.2 Å². The molecule has 20 heavy (non-hydrogen) atoms. The van der Waals surface area contributed by atoms with E-state index in [-0.39, 0.29) is 0 Å². The molecule has 2 fully saturated rings. The summed E-state index contributed by atoms with van der Waals surface area (Å²) in [5, 5.41) is 3.53. The number of imidazole rings is 1. The van der Waals surface area contributed by atoms with Crippen LogP contribution in [-0.4, -0.2) is 26.1 Å². The Kier molecular flexibility index (Phi) is 2.86. The zero-order chi connectivity index (χ0) is 13.5. The summed E-state index contributed by atoms with van der Waals surface area (Å²) in [6.07, 6.45) is 10.6. The molecule has 3 atom stereocenters. The van der Waals surface area contributed by atoms with Gasteiger partial charge in [0, 0.05) is 13.6 Å². The van der Waals surface area contributed by atoms with Gasteiger partial charge < -0.3 is 9.88 Å². The van der Waals surface area contributed by atoms with Gasteiger partial charge in [0.1, 0.15) is 11.8 Å². The number of aromatic nitrogens is 4. The number of anilines is 1. The number of nitrogens with zero attached hydrogens (tertiary/aromatic N) is 4. The molecule has 2 aliphatic carbocycles. The van der Waals surface area contributed by atoms with Gasteiger partial charge in [0.25, 0.3) is 0 Å². The van der Waals surface area contributed by atoms with Crippen molar-refractivity contribution in [2.45, 2.75) is 32.1 Å². The van der Waals surface area contributed by atoms with Crippen LogP contribution < -0.4 is 5.32 Å². The van der Waals surface area contributed by atoms with Gasteiger partial charge in [0.05, 0.1) is 6.33 Å². The van der Waals surface area contributed by atoms with Gasteiger partial charge >= 0.3 is 0 Å². The van der Waals surface area contributed by atoms with Crippen LogP contribution >= 0.6 is 0 Å². The average Bonchev–Trinajstić information content (AvgIpc) is 2.98. The summed E-state index contributed by atoms with van der Waals surface area (Å²) in [6.45, 7) is 1.03. The van der Waals surface area contributed by atoms with Crippen molar-refractivity contribution in [1.29, 1.82) is 0 Å². The minimum atomic E-state index is 0.816. The topological polar surface area (TPSA) is 55.6 Å². The number of hydrogen-bond acceptors (Lipinski definition) is 4. The standard InChI is InChI=1S/C15H21N5/c1-20-9-19-13-14(17-8-18-15(13)20)16-7-12-6-10-3-2-4-11(12)5-10/h8-12H,2-7H2,1H3,(H,16,17,18). The molecule has 2 heterocycles. The molecule has 1 N–H and O–H groups in total. The molecular formula is C15H21N5. The van der Waals surface area contributed by atoms with E-state index >= 15 is 0 Å². The van der Waals surface area contributed by atoms with E-state index in [0.717, 1.165) is 41.3 Å². The molecule has 0 saturated heterocycles. The first-order valence-electron chi connectivity index (χ1n) is 7.67. The fourth-order valence-electron chi connectivity index (χ4n) is 4.15. The van der Waals surface area contributed by atoms with Crippen LogP contribution in [0, 0.1) is 17.8 Å². The monoisotopic (exact) mass is 271 g/mol. The number of hydrogen-bond donors (Lipinski definition) is 1. The Bertz CT molecular complexity index is 620. The fourth-order valence-corrected chi connectivity index (χ4v) is 4.15. The second kappa shape index (κ2) is 4.72. The van der Waals surface area contributed by atoms with E-state index < -0.39 is 0 Å². The maximum absolute atomic E-state index is 4.41. The van der Waals surface area contributed by atoms with Crippen molar-refractivity contribution in [3.63, 3.8) is 0 Å². The van der Waals surface area contributed by atoms with Crippen LogP contribution in [0.1, 0.15) is 32.1 Å². The Balaban J connectivity index is 1.51. The van der Waals surface area contributed by atoms with Crippen molar-refractivity contribution in [2.24, 2.45) is 24.8 Å². The third-order valence-corrected chi connectivity index (χ3v) is 5.15. The van der Waals surface area contributed by atoms with Crippen LogP contribution in [0.15, 0.2) is 12.7 Å². The Hall–Kier alpha value is -1.65. The Labute approximate surface area is 118 Å². The van der Waals surface area contributed by atoms with Crippen LogP contribution in [-0.2, 0) is 7.05 Å². The molecule has 2 aromatic heterocycles. The number of rotatable bonds is 3. The van der Waals surface area contributed by atoms with E-state index in [2.05, 4.69) is 20.3 Å². The highest BCUT2D eigenvalue weighted by atomic mass is 15.1. The molecule has 3 unspecified atom stereocenters. The zero-order valence-corrected chi connectivity index (χ0v) is 11.9. The molecule has 2 saturated carbocycles. The van der Waals surface area contributed by atoms with Gasteiger partial charge in [0.15, 0.2) is 11.5 Å². The Morgan fingerprint density at radius 3 is 3.10 bits per heavy atom. The molecule has 2 aliphatic rings. The maximum Gasteiger partial charge on any atom is 0.165 e. The lowest BCUT2D eigenvalue weighted by molar-refractivity contribution is 0.331. The average molecular weight is 271 g/mol. The SMILES string of the molecule is Cn1cnc2c(NCC3CC4CCCC3C4)ncnc21. The summed E-state index contributed by atoms with van der Waals surface area (Å²) in [4.78, 5) is 13.1. The minimum absolute atomic E-state index is 0.816. The second-order valence-electron chi connectivity index (χ2n) is 6.42. The third-order valence-electron chi connectivity index (χ3n) is 5.15. The van der Waals surface area contributed by atoms with Gasteiger partial charge in [-0.2, -0.15) is 0 Å². The lowest BCUT2D eigenvalue weighted by Crippen LogP contribution is -2.19. The molecule has 2 aromatic rings. The molecule has 106 valence electrons. The summed E-state index contributed by atoms with van der Waals surface area (Å²) in [7, 11) is 1.96. The minimum Gasteiger partial charge on any atom is -0.368 e. The fraction of sp³-hybridized carbons (Fsp3) is 0.667. The smallest absolute Gasteiger partial charge is 0.165 e. The van der Waals surface area contributed by atoms with E-state index in [4.69, 9.17) is 0 Å². The molecule has 0 radical (unpaired) electrons. The van der Waals surface area contributed by atoms with E-state index in [9.17, 15) is 0 Å². The maximum atomic E-state index is 4.41. The molecule has 4 rings (SSSR count). The highest BCUT2D eigenvalue weighted by Gasteiger charge is 2.36. The van der Waals surface area contributed by atoms with Gasteiger partial charge in [-0.25, -0.2) is 15.0 Å². The predicted octanol–water partition coefficient (Wildman–Crippen LogP) is 2.60. The molecule has 2 bridgehead atoms. The molecule has 0 spiro atoms. The lowest BCUT2D eigenvalue weighted by Gasteiger charge is -2.21. The molecule has 0 amide bonds. The summed E-state index contributed by atoms with van der Waals surface area (Å²) >= 11 is 0. The largest absolute Gasteiger partial charge is 0.368 e. The summed E-state index contributed by atoms with van der Waals surface area (Å²) in [5.41, 5.74) is 1.78. The van der Waals surface area contributed by atoms with Crippen LogP contribution in [0.4, 0.5) is 5.82 Å². The molecule has 5 nitrogen and oxygen atoms in total. The number of fused-ring (bicyclic) bond motifs is 3. The van der Waals surface area contributed by atoms with E-state index in [0.29, 0.717) is 0 Å². The highest BCUT2D eigenvalue weighted by molar-refractivity contribution is 5.82. The molecule has 5 heteroatoms. The van der Waals surface area contributed by atoms with Crippen molar-refractivity contribution in [3.8, 4) is 0 Å². The summed E-state index contributed by atoms with van der Waals surface area (Å²) < 4.78 is 1.94. The summed E-state index contributed by atoms with van der Waals surface area (Å²) in [5.74, 6) is 3.62. The van der Waals surface area contributed by atoms with Crippen molar-refractivity contribution >= 4 is 17.0 Å². The van der Waals surface area contributed by atoms with Crippen molar-refractivity contribution in [1.82, 2.24) is 19.5 Å². The Morgan fingerprint density at radius 2 is 2.20 bits per heavy atom. The first kappa shape index (κ1) is 12.1. The van der Waals surface area contributed by atoms with Crippen molar-refractivity contribution in [3.05, 3.63) is 12.7 Å². The van der Waals surface area contributed by atoms with E-state index in [1.54, 1.807) is 12.7 Å². The van der Waals surface area contributed by atoms with E-state index in [1.807, 2.05) is 11.6 Å². The molecule has 0 aromatic carbocycles. The van der Waals surface area contributed by atoms with Crippen LogP contribution in [0.5, 0.6) is 0 Å². The second-order valence-corrected chi connectivity index (χ2v) is 6.42. The first-order chi connectivity index (χ1) is 9.81. The highest BCUT2D eigenvalue weighted by Crippen LogP contribution is 2.45. The van der Waals surface area contributed by atoms with Gasteiger partial charge in [-0.1, -0.05) is 19.3 Å². The van der Waals surface area contributed by atoms with Crippen molar-refractivity contribution in [2.75, 3.05) is 11.9 Å². The zero-order valence-electron chi connectivity index (χ0n) is 11.9. The number of aryl methyl sites for hydroxylation is 1. The van der Waals surface area contributed by atoms with E-state index in [1.165, 1.54) is 32.1 Å². The molecular weight excluding hydrogens is 250 g/mol. The summed E-state index contributed by atoms with van der Waals surface area (Å²) in [6, 6.07) is 0. The first-order valence-corrected chi connectivity index (χ1v) is 7.67. The normalized spacial score (nSPS) is 28.9. The lowest BCUT2D eigenvalue weighted by atomic mass is 9.87. The van der Waals surface area contributed by atoms with Gasteiger partial charge in [0.2, 0.25) is 0 Å². The third kappa shape index (κ3) is 1.96.